The third-order valence-corrected chi connectivity index (χ3v) is 6.42. The number of nitrogens with one attached hydrogen (secondary N) is 2. The maximum Gasteiger partial charge on any atom is 0.321 e. The predicted octanol–water partition coefficient (Wildman–Crippen LogP) is -1.21. The van der Waals surface area contributed by atoms with Gasteiger partial charge in [0.1, 0.15) is 0 Å². The number of nitrogens with zero attached hydrogens (tertiary/aromatic N) is 3. The Bertz CT molecular complexity index is 539. The second-order valence-electron chi connectivity index (χ2n) is 5.79. The summed E-state index contributed by atoms with van der Waals surface area (Å²) in [4.78, 5) is 25.0. The van der Waals surface area contributed by atoms with Gasteiger partial charge in [-0.05, 0) is 19.8 Å². The number of piperazine rings is 1. The normalized spacial score (nSPS) is 22.7. The number of carbonyl (C=O) groups is 2. The second kappa shape index (κ2) is 7.56. The number of carbonyl (C=O) groups excluding carboxylic acids is 2. The maximum absolute atomic E-state index is 12.5. The number of urea groups is 1. The van der Waals surface area contributed by atoms with E-state index in [1.54, 1.807) is 6.92 Å². The van der Waals surface area contributed by atoms with E-state index in [1.807, 2.05) is 4.90 Å². The molecule has 132 valence electrons. The highest BCUT2D eigenvalue weighted by molar-refractivity contribution is 7.86. The van der Waals surface area contributed by atoms with Gasteiger partial charge < -0.3 is 5.32 Å². The minimum absolute atomic E-state index is 0.358. The lowest BCUT2D eigenvalue weighted by atomic mass is 10.2. The Labute approximate surface area is 137 Å². The molecule has 0 saturated carbocycles. The first-order valence-corrected chi connectivity index (χ1v) is 9.28. The highest BCUT2D eigenvalue weighted by Crippen LogP contribution is 2.18. The third kappa shape index (κ3) is 4.19. The van der Waals surface area contributed by atoms with Crippen LogP contribution in [0.4, 0.5) is 4.79 Å². The molecule has 2 rings (SSSR count). The van der Waals surface area contributed by atoms with Gasteiger partial charge in [-0.3, -0.25) is 15.0 Å². The largest absolute Gasteiger partial charge is 0.341 e. The van der Waals surface area contributed by atoms with Crippen LogP contribution >= 0.6 is 0 Å². The Kier molecular flexibility index (Phi) is 5.95. The summed E-state index contributed by atoms with van der Waals surface area (Å²) in [5.41, 5.74) is 0. The van der Waals surface area contributed by atoms with E-state index in [9.17, 15) is 18.0 Å². The van der Waals surface area contributed by atoms with Crippen LogP contribution in [0.5, 0.6) is 0 Å². The number of hydrogen-bond acceptors (Lipinski definition) is 5. The van der Waals surface area contributed by atoms with Gasteiger partial charge in [0.15, 0.2) is 0 Å². The highest BCUT2D eigenvalue weighted by atomic mass is 32.2. The predicted molar refractivity (Wildman–Crippen MR) is 84.9 cm³/mol. The summed E-state index contributed by atoms with van der Waals surface area (Å²) < 4.78 is 28.0. The van der Waals surface area contributed by atoms with Crippen LogP contribution in [0, 0.1) is 0 Å². The zero-order valence-corrected chi connectivity index (χ0v) is 14.4. The summed E-state index contributed by atoms with van der Waals surface area (Å²) in [6.07, 6.45) is 1.83. The fourth-order valence-corrected chi connectivity index (χ4v) is 4.52. The third-order valence-electron chi connectivity index (χ3n) is 4.38. The van der Waals surface area contributed by atoms with Crippen LogP contribution < -0.4 is 10.6 Å². The van der Waals surface area contributed by atoms with Crippen molar-refractivity contribution in [1.82, 2.24) is 24.1 Å². The zero-order valence-electron chi connectivity index (χ0n) is 13.6. The van der Waals surface area contributed by atoms with E-state index in [-0.39, 0.29) is 5.91 Å². The molecule has 0 bridgehead atoms. The Hall–Kier alpha value is -1.23. The Morgan fingerprint density at radius 2 is 1.48 bits per heavy atom. The van der Waals surface area contributed by atoms with Crippen molar-refractivity contribution in [3.05, 3.63) is 0 Å². The van der Waals surface area contributed by atoms with E-state index in [2.05, 4.69) is 10.6 Å². The van der Waals surface area contributed by atoms with E-state index in [4.69, 9.17) is 0 Å². The Morgan fingerprint density at radius 3 is 2.00 bits per heavy atom. The average Bonchev–Trinajstić information content (AvgIpc) is 3.09. The first-order valence-electron chi connectivity index (χ1n) is 7.88. The minimum Gasteiger partial charge on any atom is -0.341 e. The molecule has 0 unspecified atom stereocenters. The molecule has 0 aromatic carbocycles. The smallest absolute Gasteiger partial charge is 0.321 e. The van der Waals surface area contributed by atoms with Crippen molar-refractivity contribution >= 4 is 22.1 Å². The van der Waals surface area contributed by atoms with Crippen LogP contribution in [0.2, 0.25) is 0 Å². The summed E-state index contributed by atoms with van der Waals surface area (Å²) in [5.74, 6) is -0.389. The van der Waals surface area contributed by atoms with Crippen LogP contribution in [0.15, 0.2) is 0 Å². The number of rotatable bonds is 4. The van der Waals surface area contributed by atoms with Gasteiger partial charge >= 0.3 is 6.03 Å². The molecular formula is C13H25N5O4S. The first-order chi connectivity index (χ1) is 10.9. The molecule has 23 heavy (non-hydrogen) atoms. The molecule has 2 heterocycles. The molecule has 2 aliphatic rings. The average molecular weight is 347 g/mol. The molecule has 10 heteroatoms. The van der Waals surface area contributed by atoms with Crippen molar-refractivity contribution in [2.45, 2.75) is 25.8 Å². The van der Waals surface area contributed by atoms with E-state index >= 15 is 0 Å². The molecule has 0 aliphatic carbocycles. The van der Waals surface area contributed by atoms with Gasteiger partial charge in [0.2, 0.25) is 5.91 Å². The van der Waals surface area contributed by atoms with Crippen molar-refractivity contribution < 1.29 is 18.0 Å². The molecule has 2 N–H and O–H groups in total. The number of hydrogen-bond donors (Lipinski definition) is 2. The summed E-state index contributed by atoms with van der Waals surface area (Å²) in [7, 11) is -1.94. The van der Waals surface area contributed by atoms with E-state index < -0.39 is 22.3 Å². The first kappa shape index (κ1) is 18.1. The molecule has 0 spiro atoms. The van der Waals surface area contributed by atoms with Crippen LogP contribution in [0.25, 0.3) is 0 Å². The van der Waals surface area contributed by atoms with E-state index in [0.717, 1.165) is 12.8 Å². The van der Waals surface area contributed by atoms with Crippen LogP contribution in [0.3, 0.4) is 0 Å². The topological polar surface area (TPSA) is 102 Å². The molecule has 2 fully saturated rings. The SMILES string of the molecule is CNC(=O)NC(=O)[C@@H](C)N1CCN(S(=O)(=O)N2CCCC2)CC1. The van der Waals surface area contributed by atoms with Crippen LogP contribution in [0.1, 0.15) is 19.8 Å². The zero-order chi connectivity index (χ0) is 17.0. The molecule has 9 nitrogen and oxygen atoms in total. The van der Waals surface area contributed by atoms with Gasteiger partial charge in [0.05, 0.1) is 6.04 Å². The molecule has 0 aromatic rings. The van der Waals surface area contributed by atoms with Gasteiger partial charge in [0, 0.05) is 46.3 Å². The molecule has 0 radical (unpaired) electrons. The quantitative estimate of drug-likeness (QED) is 0.664. The molecule has 2 aliphatic heterocycles. The molecule has 1 atom stereocenters. The fourth-order valence-electron chi connectivity index (χ4n) is 2.85. The van der Waals surface area contributed by atoms with Gasteiger partial charge in [-0.1, -0.05) is 0 Å². The summed E-state index contributed by atoms with van der Waals surface area (Å²) in [5, 5.41) is 4.57. The lowest BCUT2D eigenvalue weighted by molar-refractivity contribution is -0.125. The maximum atomic E-state index is 12.5. The van der Waals surface area contributed by atoms with Crippen molar-refractivity contribution in [1.29, 1.82) is 0 Å². The molecular weight excluding hydrogens is 322 g/mol. The van der Waals surface area contributed by atoms with Crippen molar-refractivity contribution in [3.8, 4) is 0 Å². The van der Waals surface area contributed by atoms with Crippen molar-refractivity contribution in [2.75, 3.05) is 46.3 Å². The van der Waals surface area contributed by atoms with Gasteiger partial charge in [-0.15, -0.1) is 0 Å². The summed E-state index contributed by atoms with van der Waals surface area (Å²) >= 11 is 0. The van der Waals surface area contributed by atoms with Crippen LogP contribution in [-0.2, 0) is 15.0 Å². The monoisotopic (exact) mass is 347 g/mol. The van der Waals surface area contributed by atoms with E-state index in [1.165, 1.54) is 15.7 Å². The van der Waals surface area contributed by atoms with Crippen molar-refractivity contribution in [3.63, 3.8) is 0 Å². The van der Waals surface area contributed by atoms with Crippen molar-refractivity contribution in [2.24, 2.45) is 0 Å². The molecule has 0 aromatic heterocycles. The summed E-state index contributed by atoms with van der Waals surface area (Å²) in [6, 6.07) is -1.03. The molecule has 2 saturated heterocycles. The molecule has 3 amide bonds. The highest BCUT2D eigenvalue weighted by Gasteiger charge is 2.35. The Balaban J connectivity index is 1.88. The second-order valence-corrected chi connectivity index (χ2v) is 7.72. The minimum atomic E-state index is -3.38. The van der Waals surface area contributed by atoms with Gasteiger partial charge in [0.25, 0.3) is 10.2 Å². The lowest BCUT2D eigenvalue weighted by Gasteiger charge is -2.37. The Morgan fingerprint density at radius 1 is 0.957 bits per heavy atom. The number of amides is 3. The van der Waals surface area contributed by atoms with Gasteiger partial charge in [-0.25, -0.2) is 4.79 Å². The van der Waals surface area contributed by atoms with E-state index in [0.29, 0.717) is 39.3 Å². The van der Waals surface area contributed by atoms with Gasteiger partial charge in [-0.2, -0.15) is 17.0 Å². The summed E-state index contributed by atoms with van der Waals surface area (Å²) in [6.45, 7) is 4.54. The van der Waals surface area contributed by atoms with Crippen LogP contribution in [-0.4, -0.2) is 86.2 Å². The lowest BCUT2D eigenvalue weighted by Crippen LogP contribution is -2.57. The standard InChI is InChI=1S/C13H25N5O4S/c1-11(12(19)15-13(20)14-2)16-7-9-18(10-8-16)23(21,22)17-5-3-4-6-17/h11H,3-10H2,1-2H3,(H2,14,15,19,20)/t11-/m1/s1. The number of imide groups is 1. The fraction of sp³-hybridized carbons (Fsp3) is 0.846.